The predicted octanol–water partition coefficient (Wildman–Crippen LogP) is 2.45. The van der Waals surface area contributed by atoms with Gasteiger partial charge in [0.15, 0.2) is 17.2 Å². The van der Waals surface area contributed by atoms with Crippen molar-refractivity contribution in [1.82, 2.24) is 29.7 Å². The van der Waals surface area contributed by atoms with E-state index in [2.05, 4.69) is 16.0 Å². The van der Waals surface area contributed by atoms with Crippen LogP contribution in [0.15, 0.2) is 32.6 Å². The molecule has 6 N–H and O–H groups in total. The Balaban J connectivity index is 1.81. The molecule has 0 saturated heterocycles. The normalized spacial score (nSPS) is 11.7. The summed E-state index contributed by atoms with van der Waals surface area (Å²) < 4.78 is 4.86. The van der Waals surface area contributed by atoms with Crippen LogP contribution >= 0.6 is 0 Å². The molecule has 0 fully saturated rings. The van der Waals surface area contributed by atoms with Crippen molar-refractivity contribution in [3.63, 3.8) is 0 Å². The average molecular weight is 739 g/mol. The maximum Gasteiger partial charge on any atom is 0.223 e. The van der Waals surface area contributed by atoms with Crippen molar-refractivity contribution in [2.75, 3.05) is 0 Å². The van der Waals surface area contributed by atoms with Crippen molar-refractivity contribution in [3.05, 3.63) is 83.0 Å². The lowest BCUT2D eigenvalue weighted by molar-refractivity contribution is -0.124. The van der Waals surface area contributed by atoms with E-state index >= 15 is 0 Å². The molecular weight excluding hydrogens is 684 g/mol. The lowest BCUT2D eigenvalue weighted by Gasteiger charge is -2.45. The molecular formula is C38H54N6O9. The summed E-state index contributed by atoms with van der Waals surface area (Å²) in [6.45, 7) is 10.8. The van der Waals surface area contributed by atoms with E-state index in [9.17, 15) is 44.1 Å². The van der Waals surface area contributed by atoms with Gasteiger partial charge in [-0.05, 0) is 50.9 Å². The highest BCUT2D eigenvalue weighted by Gasteiger charge is 2.42. The molecule has 53 heavy (non-hydrogen) atoms. The summed E-state index contributed by atoms with van der Waals surface area (Å²) >= 11 is 0. The largest absolute Gasteiger partial charge is 0.503 e. The van der Waals surface area contributed by atoms with Gasteiger partial charge in [-0.15, -0.1) is 0 Å². The number of hydrogen-bond donors (Lipinski definition) is 6. The maximum absolute atomic E-state index is 13.3. The Morgan fingerprint density at radius 1 is 0.547 bits per heavy atom. The van der Waals surface area contributed by atoms with Crippen LogP contribution in [0.1, 0.15) is 93.5 Å². The van der Waals surface area contributed by atoms with Crippen LogP contribution in [0.3, 0.4) is 0 Å². The highest BCUT2D eigenvalue weighted by Crippen LogP contribution is 2.50. The van der Waals surface area contributed by atoms with Gasteiger partial charge in [0, 0.05) is 75.7 Å². The number of carbonyl (C=O) groups excluding carboxylic acids is 3. The molecule has 15 nitrogen and oxygen atoms in total. The molecule has 3 heterocycles. The van der Waals surface area contributed by atoms with Crippen LogP contribution in [0.5, 0.6) is 17.2 Å². The lowest BCUT2D eigenvalue weighted by atomic mass is 9.59. The monoisotopic (exact) mass is 738 g/mol. The van der Waals surface area contributed by atoms with Gasteiger partial charge in [0.2, 0.25) is 34.0 Å². The number of aryl methyl sites for hydroxylation is 3. The molecule has 0 atom stereocenters. The second-order valence-electron chi connectivity index (χ2n) is 14.9. The number of nitrogens with one attached hydrogen (secondary N) is 3. The van der Waals surface area contributed by atoms with Gasteiger partial charge in [-0.1, -0.05) is 20.8 Å². The van der Waals surface area contributed by atoms with Gasteiger partial charge < -0.3 is 45.0 Å². The Labute approximate surface area is 308 Å². The Morgan fingerprint density at radius 3 is 1.02 bits per heavy atom. The number of pyridine rings is 3. The molecule has 0 aliphatic heterocycles. The number of nitrogens with zero attached hydrogens (tertiary/aromatic N) is 3. The Bertz CT molecular complexity index is 1830. The average Bonchev–Trinajstić information content (AvgIpc) is 3.08. The molecule has 290 valence electrons. The minimum Gasteiger partial charge on any atom is -0.503 e. The van der Waals surface area contributed by atoms with Gasteiger partial charge in [0.1, 0.15) is 0 Å². The van der Waals surface area contributed by atoms with E-state index in [4.69, 9.17) is 0 Å². The lowest BCUT2D eigenvalue weighted by Crippen LogP contribution is -2.40. The van der Waals surface area contributed by atoms with Crippen molar-refractivity contribution in [2.24, 2.45) is 32.0 Å². The summed E-state index contributed by atoms with van der Waals surface area (Å²) in [6, 6.07) is 3.92. The highest BCUT2D eigenvalue weighted by atomic mass is 16.3. The third kappa shape index (κ3) is 9.96. The number of rotatable bonds is 15. The fourth-order valence-corrected chi connectivity index (χ4v) is 6.58. The summed E-state index contributed by atoms with van der Waals surface area (Å²) in [5.41, 5.74) is -0.305. The molecule has 0 spiro atoms. The van der Waals surface area contributed by atoms with E-state index in [-0.39, 0.29) is 93.0 Å². The predicted molar refractivity (Wildman–Crippen MR) is 199 cm³/mol. The Kier molecular flexibility index (Phi) is 13.5. The van der Waals surface area contributed by atoms with Crippen LogP contribution in [0.2, 0.25) is 0 Å². The second-order valence-corrected chi connectivity index (χ2v) is 14.9. The zero-order valence-corrected chi connectivity index (χ0v) is 32.2. The maximum atomic E-state index is 13.3. The van der Waals surface area contributed by atoms with Gasteiger partial charge in [-0.3, -0.25) is 28.8 Å². The minimum absolute atomic E-state index is 0.0135. The molecule has 0 unspecified atom stereocenters. The molecule has 3 aromatic heterocycles. The number of aromatic nitrogens is 3. The van der Waals surface area contributed by atoms with Crippen LogP contribution in [0.25, 0.3) is 0 Å². The number of carbonyl (C=O) groups is 3. The zero-order valence-electron chi connectivity index (χ0n) is 32.2. The summed E-state index contributed by atoms with van der Waals surface area (Å²) in [6.07, 6.45) is 0.880. The minimum atomic E-state index is -0.742. The van der Waals surface area contributed by atoms with Crippen molar-refractivity contribution in [1.29, 1.82) is 0 Å². The Morgan fingerprint density at radius 2 is 0.792 bits per heavy atom. The molecule has 3 aromatic rings. The van der Waals surface area contributed by atoms with Crippen LogP contribution in [0.4, 0.5) is 0 Å². The molecule has 0 saturated carbocycles. The smallest absolute Gasteiger partial charge is 0.223 e. The SMILES string of the molecule is Cc1cc(=O)c(O)c(CNC(=O)CCC(CCC(=O)NCc2c(O)c(=O)cc(C)n2C)(CCC(=O)NCc2c(O)c(=O)cc(C)n2C)C(C)(C)C)n1C. The first-order valence-corrected chi connectivity index (χ1v) is 17.6. The van der Waals surface area contributed by atoms with E-state index in [0.717, 1.165) is 0 Å². The molecule has 0 aliphatic rings. The number of hydrogen-bond acceptors (Lipinski definition) is 9. The van der Waals surface area contributed by atoms with E-state index in [0.29, 0.717) is 17.1 Å². The first-order valence-electron chi connectivity index (χ1n) is 17.6. The molecule has 0 radical (unpaired) electrons. The van der Waals surface area contributed by atoms with Crippen LogP contribution in [-0.4, -0.2) is 46.7 Å². The molecule has 0 aliphatic carbocycles. The molecule has 0 aromatic carbocycles. The topological polar surface area (TPSA) is 214 Å². The molecule has 15 heteroatoms. The van der Waals surface area contributed by atoms with Gasteiger partial charge in [0.25, 0.3) is 0 Å². The first-order chi connectivity index (χ1) is 24.6. The summed E-state index contributed by atoms with van der Waals surface area (Å²) in [5.74, 6) is -2.40. The fraction of sp³-hybridized carbons (Fsp3) is 0.526. The second kappa shape index (κ2) is 17.0. The van der Waals surface area contributed by atoms with Crippen molar-refractivity contribution in [3.8, 4) is 17.2 Å². The quantitative estimate of drug-likeness (QED) is 0.135. The highest BCUT2D eigenvalue weighted by molar-refractivity contribution is 5.77. The molecule has 3 rings (SSSR count). The van der Waals surface area contributed by atoms with Crippen LogP contribution in [0, 0.1) is 31.6 Å². The van der Waals surface area contributed by atoms with Crippen LogP contribution in [-0.2, 0) is 55.2 Å². The Hall–Kier alpha value is -5.34. The third-order valence-corrected chi connectivity index (χ3v) is 10.8. The van der Waals surface area contributed by atoms with E-state index < -0.39 is 44.4 Å². The van der Waals surface area contributed by atoms with Crippen molar-refractivity contribution >= 4 is 17.7 Å². The number of aromatic hydroxyl groups is 3. The van der Waals surface area contributed by atoms with Crippen molar-refractivity contribution < 1.29 is 29.7 Å². The van der Waals surface area contributed by atoms with E-state index in [1.54, 1.807) is 55.6 Å². The zero-order chi connectivity index (χ0) is 40.0. The number of amides is 3. The third-order valence-electron chi connectivity index (χ3n) is 10.8. The standard InChI is InChI=1S/C38H54N6O9/c1-22-16-28(45)34(51)25(42(22)7)19-39-31(48)10-13-38(37(4,5)6,14-11-32(49)40-20-26-35(52)29(46)17-23(2)43(26)8)15-12-33(50)41-21-27-36(53)30(47)18-24(3)44(27)9/h16-18,51-53H,10-15,19-21H2,1-9H3,(H,39,48)(H,40,49)(H,41,50). The van der Waals surface area contributed by atoms with Gasteiger partial charge in [-0.2, -0.15) is 0 Å². The van der Waals surface area contributed by atoms with Gasteiger partial charge >= 0.3 is 0 Å². The molecule has 3 amide bonds. The summed E-state index contributed by atoms with van der Waals surface area (Å²) in [4.78, 5) is 76.3. The van der Waals surface area contributed by atoms with E-state index in [1.807, 2.05) is 20.8 Å². The van der Waals surface area contributed by atoms with Gasteiger partial charge in [-0.25, -0.2) is 0 Å². The van der Waals surface area contributed by atoms with Crippen molar-refractivity contribution in [2.45, 2.75) is 99.7 Å². The van der Waals surface area contributed by atoms with E-state index in [1.165, 1.54) is 18.2 Å². The van der Waals surface area contributed by atoms with Crippen LogP contribution < -0.4 is 32.2 Å². The first kappa shape index (κ1) is 42.1. The summed E-state index contributed by atoms with van der Waals surface area (Å²) in [5, 5.41) is 39.4. The van der Waals surface area contributed by atoms with Gasteiger partial charge in [0.05, 0.1) is 36.7 Å². The molecule has 0 bridgehead atoms. The fourth-order valence-electron chi connectivity index (χ4n) is 6.58. The summed E-state index contributed by atoms with van der Waals surface area (Å²) in [7, 11) is 5.03.